The Morgan fingerprint density at radius 2 is 1.80 bits per heavy atom. The van der Waals surface area contributed by atoms with Gasteiger partial charge in [0.25, 0.3) is 5.91 Å². The van der Waals surface area contributed by atoms with Crippen LogP contribution < -0.4 is 0 Å². The zero-order chi connectivity index (χ0) is 18.4. The van der Waals surface area contributed by atoms with Crippen molar-refractivity contribution in [3.8, 4) is 11.1 Å². The monoisotopic (exact) mass is 419 g/mol. The number of nitrogens with zero attached hydrogens (tertiary/aromatic N) is 1. The first-order valence-corrected chi connectivity index (χ1v) is 8.05. The van der Waals surface area contributed by atoms with E-state index in [4.69, 9.17) is 0 Å². The molecule has 1 aliphatic rings. The molecule has 0 saturated carbocycles. The van der Waals surface area contributed by atoms with Crippen molar-refractivity contribution >= 4 is 21.8 Å². The van der Waals surface area contributed by atoms with Gasteiger partial charge >= 0.3 is 6.18 Å². The van der Waals surface area contributed by atoms with Crippen molar-refractivity contribution in [3.63, 3.8) is 0 Å². The number of rotatable bonds is 2. The van der Waals surface area contributed by atoms with E-state index in [1.165, 1.54) is 17.0 Å². The van der Waals surface area contributed by atoms with Crippen LogP contribution in [-0.4, -0.2) is 30.1 Å². The fourth-order valence-electron chi connectivity index (χ4n) is 2.61. The van der Waals surface area contributed by atoms with Crippen LogP contribution in [0.4, 0.5) is 22.0 Å². The van der Waals surface area contributed by atoms with Gasteiger partial charge in [-0.1, -0.05) is 22.0 Å². The molecular weight excluding hydrogens is 409 g/mol. The predicted molar refractivity (Wildman–Crippen MR) is 85.3 cm³/mol. The number of carbonyl (C=O) groups is 1. The summed E-state index contributed by atoms with van der Waals surface area (Å²) in [7, 11) is 0. The maximum atomic E-state index is 13.6. The Morgan fingerprint density at radius 3 is 2.40 bits per heavy atom. The first-order valence-electron chi connectivity index (χ1n) is 7.26. The molecule has 2 nitrogen and oxygen atoms in total. The molecule has 1 aliphatic heterocycles. The zero-order valence-corrected chi connectivity index (χ0v) is 14.2. The Hall–Kier alpha value is -1.96. The molecule has 25 heavy (non-hydrogen) atoms. The lowest BCUT2D eigenvalue weighted by Crippen LogP contribution is -2.51. The van der Waals surface area contributed by atoms with E-state index >= 15 is 0 Å². The Labute approximate surface area is 148 Å². The highest BCUT2D eigenvalue weighted by molar-refractivity contribution is 9.10. The average Bonchev–Trinajstić information content (AvgIpc) is 2.49. The van der Waals surface area contributed by atoms with Gasteiger partial charge in [-0.05, 0) is 41.5 Å². The van der Waals surface area contributed by atoms with Crippen LogP contribution in [0.5, 0.6) is 0 Å². The molecule has 1 heterocycles. The smallest absolute Gasteiger partial charge is 0.333 e. The second-order valence-corrected chi connectivity index (χ2v) is 6.64. The standard InChI is InChI=1S/C17H11BrF5NO/c18-11-4-9(3-10(5-11)17(21,22)23)14-2-1-12(19)6-15(14)16(25)24-7-13(20)8-24/h1-6,13H,7-8H2. The number of hydrogen-bond donors (Lipinski definition) is 0. The van der Waals surface area contributed by atoms with Gasteiger partial charge in [-0.2, -0.15) is 13.2 Å². The molecule has 0 radical (unpaired) electrons. The number of hydrogen-bond acceptors (Lipinski definition) is 1. The molecule has 0 atom stereocenters. The van der Waals surface area contributed by atoms with Crippen LogP contribution in [0.25, 0.3) is 11.1 Å². The van der Waals surface area contributed by atoms with Crippen LogP contribution in [0, 0.1) is 5.82 Å². The first-order chi connectivity index (χ1) is 11.6. The highest BCUT2D eigenvalue weighted by Gasteiger charge is 2.34. The third-order valence-corrected chi connectivity index (χ3v) is 4.33. The molecule has 0 spiro atoms. The molecule has 3 rings (SSSR count). The van der Waals surface area contributed by atoms with E-state index in [1.807, 2.05) is 0 Å². The fourth-order valence-corrected chi connectivity index (χ4v) is 3.11. The summed E-state index contributed by atoms with van der Waals surface area (Å²) in [5.74, 6) is -1.31. The molecule has 0 N–H and O–H groups in total. The van der Waals surface area contributed by atoms with Gasteiger partial charge in [-0.15, -0.1) is 0 Å². The lowest BCUT2D eigenvalue weighted by Gasteiger charge is -2.34. The van der Waals surface area contributed by atoms with Crippen LogP contribution in [-0.2, 0) is 6.18 Å². The molecule has 132 valence electrons. The van der Waals surface area contributed by atoms with E-state index in [2.05, 4.69) is 15.9 Å². The molecular formula is C17H11BrF5NO. The van der Waals surface area contributed by atoms with E-state index in [0.29, 0.717) is 0 Å². The highest BCUT2D eigenvalue weighted by atomic mass is 79.9. The van der Waals surface area contributed by atoms with Crippen molar-refractivity contribution in [1.82, 2.24) is 4.90 Å². The molecule has 0 aliphatic carbocycles. The van der Waals surface area contributed by atoms with Crippen LogP contribution in [0.2, 0.25) is 0 Å². The summed E-state index contributed by atoms with van der Waals surface area (Å²) < 4.78 is 65.8. The van der Waals surface area contributed by atoms with Gasteiger partial charge in [0.2, 0.25) is 0 Å². The summed E-state index contributed by atoms with van der Waals surface area (Å²) in [5, 5.41) is 0. The molecule has 1 amide bonds. The molecule has 8 heteroatoms. The quantitative estimate of drug-likeness (QED) is 0.622. The second kappa shape index (κ2) is 6.40. The summed E-state index contributed by atoms with van der Waals surface area (Å²) in [6.07, 6.45) is -5.70. The fraction of sp³-hybridized carbons (Fsp3) is 0.235. The number of halogens is 6. The number of benzene rings is 2. The summed E-state index contributed by atoms with van der Waals surface area (Å²) >= 11 is 3.02. The van der Waals surface area contributed by atoms with E-state index in [9.17, 15) is 26.7 Å². The number of likely N-dealkylation sites (tertiary alicyclic amines) is 1. The van der Waals surface area contributed by atoms with Gasteiger partial charge in [-0.25, -0.2) is 8.78 Å². The van der Waals surface area contributed by atoms with E-state index in [1.54, 1.807) is 0 Å². The lowest BCUT2D eigenvalue weighted by molar-refractivity contribution is -0.137. The normalized spacial score (nSPS) is 15.2. The molecule has 0 unspecified atom stereocenters. The van der Waals surface area contributed by atoms with Crippen LogP contribution in [0.15, 0.2) is 40.9 Å². The van der Waals surface area contributed by atoms with Crippen molar-refractivity contribution < 1.29 is 26.7 Å². The minimum atomic E-state index is -4.57. The highest BCUT2D eigenvalue weighted by Crippen LogP contribution is 2.36. The third-order valence-electron chi connectivity index (χ3n) is 3.87. The summed E-state index contributed by atoms with van der Waals surface area (Å²) in [4.78, 5) is 13.6. The molecule has 2 aromatic rings. The molecule has 2 aromatic carbocycles. The van der Waals surface area contributed by atoms with Crippen molar-refractivity contribution in [1.29, 1.82) is 0 Å². The van der Waals surface area contributed by atoms with E-state index in [-0.39, 0.29) is 34.3 Å². The van der Waals surface area contributed by atoms with Crippen LogP contribution in [0.1, 0.15) is 15.9 Å². The van der Waals surface area contributed by atoms with Gasteiger partial charge < -0.3 is 4.90 Å². The van der Waals surface area contributed by atoms with E-state index in [0.717, 1.165) is 24.3 Å². The van der Waals surface area contributed by atoms with Gasteiger partial charge in [0, 0.05) is 4.47 Å². The molecule has 0 bridgehead atoms. The Balaban J connectivity index is 2.09. The average molecular weight is 420 g/mol. The predicted octanol–water partition coefficient (Wildman–Crippen LogP) is 5.07. The van der Waals surface area contributed by atoms with Gasteiger partial charge in [-0.3, -0.25) is 4.79 Å². The summed E-state index contributed by atoms with van der Waals surface area (Å²) in [6, 6.07) is 6.48. The largest absolute Gasteiger partial charge is 0.416 e. The maximum absolute atomic E-state index is 13.6. The SMILES string of the molecule is O=C(c1cc(F)ccc1-c1cc(Br)cc(C(F)(F)F)c1)N1CC(F)C1. The van der Waals surface area contributed by atoms with Gasteiger partial charge in [0.15, 0.2) is 0 Å². The number of amides is 1. The summed E-state index contributed by atoms with van der Waals surface area (Å²) in [5.41, 5.74) is -0.728. The van der Waals surface area contributed by atoms with Crippen LogP contribution >= 0.6 is 15.9 Å². The van der Waals surface area contributed by atoms with Crippen molar-refractivity contribution in [2.45, 2.75) is 12.3 Å². The van der Waals surface area contributed by atoms with Crippen LogP contribution in [0.3, 0.4) is 0 Å². The van der Waals surface area contributed by atoms with Crippen molar-refractivity contribution in [3.05, 3.63) is 57.8 Å². The lowest BCUT2D eigenvalue weighted by atomic mass is 9.96. The second-order valence-electron chi connectivity index (χ2n) is 5.72. The van der Waals surface area contributed by atoms with Gasteiger partial charge in [0.1, 0.15) is 12.0 Å². The van der Waals surface area contributed by atoms with E-state index < -0.39 is 29.6 Å². The summed E-state index contributed by atoms with van der Waals surface area (Å²) in [6.45, 7) is -0.220. The van der Waals surface area contributed by atoms with Crippen molar-refractivity contribution in [2.24, 2.45) is 0 Å². The minimum Gasteiger partial charge on any atom is -0.333 e. The molecule has 0 aromatic heterocycles. The Morgan fingerprint density at radius 1 is 1.12 bits per heavy atom. The van der Waals surface area contributed by atoms with Crippen molar-refractivity contribution in [2.75, 3.05) is 13.1 Å². The number of alkyl halides is 4. The third kappa shape index (κ3) is 3.68. The Bertz CT molecular complexity index is 830. The molecule has 1 saturated heterocycles. The maximum Gasteiger partial charge on any atom is 0.416 e. The first kappa shape index (κ1) is 17.8. The number of carbonyl (C=O) groups excluding carboxylic acids is 1. The Kier molecular flexibility index (Phi) is 4.57. The topological polar surface area (TPSA) is 20.3 Å². The zero-order valence-electron chi connectivity index (χ0n) is 12.6. The van der Waals surface area contributed by atoms with Gasteiger partial charge in [0.05, 0.1) is 24.2 Å². The minimum absolute atomic E-state index is 0.0990. The molecule has 1 fully saturated rings.